The number of carbonyl (C=O) groups excluding carboxylic acids is 1. The summed E-state index contributed by atoms with van der Waals surface area (Å²) < 4.78 is 21.0. The van der Waals surface area contributed by atoms with E-state index in [4.69, 9.17) is 23.7 Å². The number of rotatable bonds is 6. The normalized spacial score (nSPS) is 24.2. The molecular formula is C24H22O14. The van der Waals surface area contributed by atoms with Gasteiger partial charge in [-0.2, -0.15) is 0 Å². The van der Waals surface area contributed by atoms with Crippen LogP contribution in [0, 0.1) is 0 Å². The zero-order valence-electron chi connectivity index (χ0n) is 19.4. The third-order valence-corrected chi connectivity index (χ3v) is 5.74. The quantitative estimate of drug-likeness (QED) is 0.123. The maximum atomic E-state index is 12.6. The van der Waals surface area contributed by atoms with Crippen LogP contribution in [0.25, 0.3) is 22.3 Å². The van der Waals surface area contributed by atoms with Crippen molar-refractivity contribution in [3.8, 4) is 34.3 Å². The van der Waals surface area contributed by atoms with Crippen LogP contribution in [0.2, 0.25) is 0 Å². The van der Waals surface area contributed by atoms with E-state index in [1.54, 1.807) is 0 Å². The monoisotopic (exact) mass is 534 g/mol. The number of ether oxygens (including phenoxy) is 3. The van der Waals surface area contributed by atoms with E-state index in [1.165, 1.54) is 19.1 Å². The lowest BCUT2D eigenvalue weighted by molar-refractivity contribution is -0.301. The fraction of sp³-hybridized carbons (Fsp3) is 0.292. The molecule has 1 saturated heterocycles. The summed E-state index contributed by atoms with van der Waals surface area (Å²) >= 11 is 0. The molecule has 4 rings (SSSR count). The predicted molar refractivity (Wildman–Crippen MR) is 123 cm³/mol. The van der Waals surface area contributed by atoms with Gasteiger partial charge in [-0.1, -0.05) is 0 Å². The fourth-order valence-electron chi connectivity index (χ4n) is 3.74. The molecule has 1 fully saturated rings. The summed E-state index contributed by atoms with van der Waals surface area (Å²) in [6.45, 7) is 1.17. The standard InChI is InChI=1S/C24H22O14/c1-8(35-24-20(31)18(29)19(30)21(38-24)22(32)33)23(34)36-10-5-13(27)17-14(28)7-15(37-16(17)6-10)9-2-3-11(25)12(26)4-9/h2-8,18-21,24-27,29-31H,1H3,(H,32,33)/t8-,18-,19-,20+,21-,24+/m1/s1. The van der Waals surface area contributed by atoms with Crippen LogP contribution < -0.4 is 10.2 Å². The van der Waals surface area contributed by atoms with Gasteiger partial charge in [0.2, 0.25) is 0 Å². The van der Waals surface area contributed by atoms with E-state index in [-0.39, 0.29) is 28.0 Å². The van der Waals surface area contributed by atoms with Crippen LogP contribution in [0.3, 0.4) is 0 Å². The summed E-state index contributed by atoms with van der Waals surface area (Å²) in [5.41, 5.74) is -0.622. The molecule has 1 aliphatic heterocycles. The van der Waals surface area contributed by atoms with Gasteiger partial charge >= 0.3 is 11.9 Å². The Hall–Kier alpha value is -4.21. The van der Waals surface area contributed by atoms with Crippen molar-refractivity contribution in [2.24, 2.45) is 0 Å². The van der Waals surface area contributed by atoms with Crippen LogP contribution in [-0.2, 0) is 19.1 Å². The first-order chi connectivity index (χ1) is 17.9. The number of phenols is 3. The molecular weight excluding hydrogens is 512 g/mol. The molecule has 0 radical (unpaired) electrons. The molecule has 6 atom stereocenters. The van der Waals surface area contributed by atoms with E-state index >= 15 is 0 Å². The number of aromatic hydroxyl groups is 3. The number of aliphatic carboxylic acids is 1. The van der Waals surface area contributed by atoms with Crippen LogP contribution in [0.1, 0.15) is 6.92 Å². The van der Waals surface area contributed by atoms with Gasteiger partial charge < -0.3 is 54.4 Å². The molecule has 0 amide bonds. The number of carboxylic acid groups (broad SMARTS) is 1. The number of esters is 1. The predicted octanol–water partition coefficient (Wildman–Crippen LogP) is -0.220. The van der Waals surface area contributed by atoms with Crippen LogP contribution in [0.4, 0.5) is 0 Å². The minimum Gasteiger partial charge on any atom is -0.507 e. The van der Waals surface area contributed by atoms with E-state index in [9.17, 15) is 45.0 Å². The average molecular weight is 534 g/mol. The zero-order valence-corrected chi connectivity index (χ0v) is 19.4. The maximum Gasteiger partial charge on any atom is 0.340 e. The first-order valence-electron chi connectivity index (χ1n) is 11.0. The summed E-state index contributed by atoms with van der Waals surface area (Å²) in [5, 5.41) is 68.1. The Kier molecular flexibility index (Phi) is 7.26. The number of phenolic OH excluding ortho intramolecular Hbond substituents is 3. The van der Waals surface area contributed by atoms with Gasteiger partial charge in [0.1, 0.15) is 46.5 Å². The van der Waals surface area contributed by atoms with Gasteiger partial charge in [0, 0.05) is 23.8 Å². The van der Waals surface area contributed by atoms with Gasteiger partial charge in [-0.25, -0.2) is 9.59 Å². The highest BCUT2D eigenvalue weighted by molar-refractivity contribution is 5.87. The molecule has 0 spiro atoms. The van der Waals surface area contributed by atoms with Crippen molar-refractivity contribution in [2.45, 2.75) is 43.7 Å². The topological polar surface area (TPSA) is 234 Å². The van der Waals surface area contributed by atoms with Gasteiger partial charge in [-0.05, 0) is 25.1 Å². The van der Waals surface area contributed by atoms with Crippen LogP contribution >= 0.6 is 0 Å². The van der Waals surface area contributed by atoms with Crippen molar-refractivity contribution in [1.82, 2.24) is 0 Å². The molecule has 3 aromatic rings. The highest BCUT2D eigenvalue weighted by Gasteiger charge is 2.48. The minimum absolute atomic E-state index is 0.0328. The molecule has 202 valence electrons. The number of hydrogen-bond donors (Lipinski definition) is 7. The molecule has 1 aromatic heterocycles. The van der Waals surface area contributed by atoms with Crippen molar-refractivity contribution in [3.63, 3.8) is 0 Å². The largest absolute Gasteiger partial charge is 0.507 e. The third-order valence-electron chi connectivity index (χ3n) is 5.74. The molecule has 0 bridgehead atoms. The molecule has 7 N–H and O–H groups in total. The van der Waals surface area contributed by atoms with Crippen LogP contribution in [-0.4, -0.2) is 84.5 Å². The highest BCUT2D eigenvalue weighted by Crippen LogP contribution is 2.34. The van der Waals surface area contributed by atoms with Crippen molar-refractivity contribution in [2.75, 3.05) is 0 Å². The zero-order chi connectivity index (χ0) is 27.9. The summed E-state index contributed by atoms with van der Waals surface area (Å²) in [5.74, 6) is -4.50. The van der Waals surface area contributed by atoms with Crippen molar-refractivity contribution in [3.05, 3.63) is 46.6 Å². The Labute approximate surface area is 212 Å². The average Bonchev–Trinajstić information content (AvgIpc) is 2.85. The third kappa shape index (κ3) is 5.11. The molecule has 38 heavy (non-hydrogen) atoms. The number of aliphatic hydroxyl groups is 3. The van der Waals surface area contributed by atoms with Gasteiger partial charge in [0.15, 0.2) is 35.4 Å². The Morgan fingerprint density at radius 2 is 1.63 bits per heavy atom. The Balaban J connectivity index is 1.56. The number of hydrogen-bond acceptors (Lipinski definition) is 13. The molecule has 2 heterocycles. The molecule has 0 aliphatic carbocycles. The smallest absolute Gasteiger partial charge is 0.340 e. The second-order valence-corrected chi connectivity index (χ2v) is 8.43. The maximum absolute atomic E-state index is 12.6. The highest BCUT2D eigenvalue weighted by atomic mass is 16.7. The number of carbonyl (C=O) groups is 2. The SMILES string of the molecule is C[C@@H](O[C@H]1O[C@@H](C(=O)O)[C@H](O)[C@@H](O)[C@@H]1O)C(=O)Oc1cc(O)c2c(=O)cc(-c3ccc(O)c(O)c3)oc2c1. The fourth-order valence-corrected chi connectivity index (χ4v) is 3.74. The second-order valence-electron chi connectivity index (χ2n) is 8.43. The number of benzene rings is 2. The molecule has 1 aliphatic rings. The van der Waals surface area contributed by atoms with Crippen LogP contribution in [0.15, 0.2) is 45.6 Å². The van der Waals surface area contributed by atoms with E-state index in [2.05, 4.69) is 0 Å². The first-order valence-corrected chi connectivity index (χ1v) is 11.0. The molecule has 0 saturated carbocycles. The Morgan fingerprint density at radius 3 is 2.29 bits per heavy atom. The summed E-state index contributed by atoms with van der Waals surface area (Å²) in [4.78, 5) is 36.4. The Morgan fingerprint density at radius 1 is 0.921 bits per heavy atom. The van der Waals surface area contributed by atoms with Crippen molar-refractivity contribution in [1.29, 1.82) is 0 Å². The number of carboxylic acids is 1. The van der Waals surface area contributed by atoms with Crippen molar-refractivity contribution >= 4 is 22.9 Å². The van der Waals surface area contributed by atoms with Gasteiger partial charge in [0.25, 0.3) is 0 Å². The van der Waals surface area contributed by atoms with Gasteiger partial charge in [-0.3, -0.25) is 4.79 Å². The summed E-state index contributed by atoms with van der Waals surface area (Å²) in [6.07, 6.45) is -11.1. The number of aliphatic hydroxyl groups excluding tert-OH is 3. The lowest BCUT2D eigenvalue weighted by Crippen LogP contribution is -2.61. The summed E-state index contributed by atoms with van der Waals surface area (Å²) in [7, 11) is 0. The van der Waals surface area contributed by atoms with E-state index in [1.807, 2.05) is 0 Å². The Bertz CT molecular complexity index is 1450. The van der Waals surface area contributed by atoms with E-state index in [0.717, 1.165) is 24.3 Å². The molecule has 2 aromatic carbocycles. The van der Waals surface area contributed by atoms with E-state index < -0.39 is 71.4 Å². The van der Waals surface area contributed by atoms with Crippen molar-refractivity contribution < 1.29 is 64.0 Å². The molecule has 0 unspecified atom stereocenters. The van der Waals surface area contributed by atoms with Crippen LogP contribution in [0.5, 0.6) is 23.0 Å². The minimum atomic E-state index is -1.95. The molecule has 14 nitrogen and oxygen atoms in total. The van der Waals surface area contributed by atoms with Gasteiger partial charge in [-0.15, -0.1) is 0 Å². The lowest BCUT2D eigenvalue weighted by Gasteiger charge is -2.39. The van der Waals surface area contributed by atoms with Gasteiger partial charge in [0.05, 0.1) is 0 Å². The second kappa shape index (κ2) is 10.3. The summed E-state index contributed by atoms with van der Waals surface area (Å²) in [6, 6.07) is 6.83. The number of fused-ring (bicyclic) bond motifs is 1. The first kappa shape index (κ1) is 26.8. The lowest BCUT2D eigenvalue weighted by atomic mass is 9.99. The molecule has 14 heteroatoms. The van der Waals surface area contributed by atoms with E-state index in [0.29, 0.717) is 0 Å².